The monoisotopic (exact) mass is 324 g/mol. The van der Waals surface area contributed by atoms with Crippen LogP contribution in [-0.2, 0) is 9.59 Å². The fourth-order valence-corrected chi connectivity index (χ4v) is 3.19. The van der Waals surface area contributed by atoms with Gasteiger partial charge in [0.15, 0.2) is 0 Å². The Morgan fingerprint density at radius 3 is 2.42 bits per heavy atom. The lowest BCUT2D eigenvalue weighted by Gasteiger charge is -2.34. The molecule has 1 fully saturated rings. The Labute approximate surface area is 121 Å². The van der Waals surface area contributed by atoms with Crippen LogP contribution < -0.4 is 10.2 Å². The van der Waals surface area contributed by atoms with E-state index in [4.69, 9.17) is 0 Å². The molecule has 102 valence electrons. The van der Waals surface area contributed by atoms with Crippen LogP contribution in [0.4, 0.5) is 5.69 Å². The van der Waals surface area contributed by atoms with Crippen molar-refractivity contribution in [2.45, 2.75) is 33.2 Å². The highest BCUT2D eigenvalue weighted by atomic mass is 79.9. The Kier molecular flexibility index (Phi) is 3.94. The number of carbonyl (C=O) groups is 2. The molecule has 0 spiro atoms. The number of aryl methyl sites for hydroxylation is 2. The maximum atomic E-state index is 12.4. The summed E-state index contributed by atoms with van der Waals surface area (Å²) in [5.41, 5.74) is 2.83. The number of rotatable bonds is 2. The number of amides is 2. The van der Waals surface area contributed by atoms with Crippen molar-refractivity contribution < 1.29 is 9.59 Å². The maximum absolute atomic E-state index is 12.4. The van der Waals surface area contributed by atoms with Crippen LogP contribution in [0.15, 0.2) is 16.6 Å². The first-order valence-corrected chi connectivity index (χ1v) is 7.10. The molecular weight excluding hydrogens is 308 g/mol. The summed E-state index contributed by atoms with van der Waals surface area (Å²) in [5.74, 6) is -0.135. The lowest BCUT2D eigenvalue weighted by molar-refractivity contribution is -0.131. The summed E-state index contributed by atoms with van der Waals surface area (Å²) >= 11 is 3.44. The van der Waals surface area contributed by atoms with Crippen molar-refractivity contribution in [2.75, 3.05) is 11.4 Å². The minimum absolute atomic E-state index is 0.0318. The van der Waals surface area contributed by atoms with E-state index in [1.165, 1.54) is 0 Å². The number of benzene rings is 1. The van der Waals surface area contributed by atoms with Gasteiger partial charge in [-0.25, -0.2) is 0 Å². The SMILES string of the molecule is CCC1NC(=O)CN(c2c(C)cc(Br)cc2C)C1=O. The van der Waals surface area contributed by atoms with Gasteiger partial charge in [0.25, 0.3) is 0 Å². The highest BCUT2D eigenvalue weighted by Gasteiger charge is 2.33. The zero-order valence-electron chi connectivity index (χ0n) is 11.3. The Morgan fingerprint density at radius 2 is 1.89 bits per heavy atom. The molecule has 19 heavy (non-hydrogen) atoms. The van der Waals surface area contributed by atoms with Gasteiger partial charge in [-0.1, -0.05) is 22.9 Å². The number of hydrogen-bond donors (Lipinski definition) is 1. The number of nitrogens with zero attached hydrogens (tertiary/aromatic N) is 1. The minimum Gasteiger partial charge on any atom is -0.343 e. The molecule has 1 heterocycles. The van der Waals surface area contributed by atoms with E-state index >= 15 is 0 Å². The van der Waals surface area contributed by atoms with Crippen LogP contribution in [0.25, 0.3) is 0 Å². The van der Waals surface area contributed by atoms with Gasteiger partial charge in [0, 0.05) is 4.47 Å². The minimum atomic E-state index is -0.413. The Bertz CT molecular complexity index is 519. The topological polar surface area (TPSA) is 49.4 Å². The highest BCUT2D eigenvalue weighted by Crippen LogP contribution is 2.30. The van der Waals surface area contributed by atoms with E-state index in [1.807, 2.05) is 32.9 Å². The average molecular weight is 325 g/mol. The van der Waals surface area contributed by atoms with Crippen molar-refractivity contribution in [3.8, 4) is 0 Å². The molecule has 1 aliphatic heterocycles. The lowest BCUT2D eigenvalue weighted by Crippen LogP contribution is -2.58. The summed E-state index contributed by atoms with van der Waals surface area (Å²) in [7, 11) is 0. The summed E-state index contributed by atoms with van der Waals surface area (Å²) in [5, 5.41) is 2.73. The normalized spacial score (nSPS) is 19.6. The standard InChI is InChI=1S/C14H17BrN2O2/c1-4-11-14(19)17(7-12(18)16-11)13-8(2)5-10(15)6-9(13)3/h5-6,11H,4,7H2,1-3H3,(H,16,18). The van der Waals surface area contributed by atoms with Crippen molar-refractivity contribution in [3.05, 3.63) is 27.7 Å². The molecule has 1 saturated heterocycles. The number of hydrogen-bond acceptors (Lipinski definition) is 2. The van der Waals surface area contributed by atoms with Crippen molar-refractivity contribution in [1.29, 1.82) is 0 Å². The molecule has 2 rings (SSSR count). The lowest BCUT2D eigenvalue weighted by atomic mass is 10.0. The molecule has 4 nitrogen and oxygen atoms in total. The predicted molar refractivity (Wildman–Crippen MR) is 78.2 cm³/mol. The Balaban J connectivity index is 2.45. The summed E-state index contributed by atoms with van der Waals surface area (Å²) in [6, 6.07) is 3.51. The second-order valence-electron chi connectivity index (χ2n) is 4.84. The highest BCUT2D eigenvalue weighted by molar-refractivity contribution is 9.10. The van der Waals surface area contributed by atoms with Crippen LogP contribution >= 0.6 is 15.9 Å². The first-order valence-electron chi connectivity index (χ1n) is 6.31. The van der Waals surface area contributed by atoms with E-state index in [-0.39, 0.29) is 18.4 Å². The number of nitrogens with one attached hydrogen (secondary N) is 1. The van der Waals surface area contributed by atoms with Gasteiger partial charge in [0.1, 0.15) is 12.6 Å². The smallest absolute Gasteiger partial charge is 0.250 e. The Morgan fingerprint density at radius 1 is 1.32 bits per heavy atom. The average Bonchev–Trinajstić information content (AvgIpc) is 2.31. The van der Waals surface area contributed by atoms with Crippen molar-refractivity contribution in [2.24, 2.45) is 0 Å². The molecule has 0 aliphatic carbocycles. The fraction of sp³-hybridized carbons (Fsp3) is 0.429. The molecule has 1 unspecified atom stereocenters. The fourth-order valence-electron chi connectivity index (χ4n) is 2.51. The predicted octanol–water partition coefficient (Wildman–Crippen LogP) is 2.31. The van der Waals surface area contributed by atoms with Gasteiger partial charge in [0.2, 0.25) is 11.8 Å². The second-order valence-corrected chi connectivity index (χ2v) is 5.76. The third-order valence-corrected chi connectivity index (χ3v) is 3.79. The van der Waals surface area contributed by atoms with Gasteiger partial charge in [-0.3, -0.25) is 9.59 Å². The zero-order chi connectivity index (χ0) is 14.2. The third kappa shape index (κ3) is 2.66. The molecule has 5 heteroatoms. The quantitative estimate of drug-likeness (QED) is 0.907. The van der Waals surface area contributed by atoms with E-state index in [9.17, 15) is 9.59 Å². The van der Waals surface area contributed by atoms with Crippen molar-refractivity contribution in [3.63, 3.8) is 0 Å². The van der Waals surface area contributed by atoms with Crippen LogP contribution in [0, 0.1) is 13.8 Å². The molecule has 0 saturated carbocycles. The molecule has 0 aromatic heterocycles. The van der Waals surface area contributed by atoms with Gasteiger partial charge in [-0.15, -0.1) is 0 Å². The third-order valence-electron chi connectivity index (χ3n) is 3.34. The first kappa shape index (κ1) is 14.1. The molecule has 0 radical (unpaired) electrons. The summed E-state index contributed by atoms with van der Waals surface area (Å²) in [6.07, 6.45) is 0.607. The number of carbonyl (C=O) groups excluding carboxylic acids is 2. The van der Waals surface area contributed by atoms with E-state index in [0.717, 1.165) is 21.3 Å². The molecule has 1 N–H and O–H groups in total. The van der Waals surface area contributed by atoms with Crippen molar-refractivity contribution in [1.82, 2.24) is 5.32 Å². The van der Waals surface area contributed by atoms with Crippen molar-refractivity contribution >= 4 is 33.4 Å². The zero-order valence-corrected chi connectivity index (χ0v) is 12.9. The molecule has 0 bridgehead atoms. The molecule has 1 atom stereocenters. The van der Waals surface area contributed by atoms with Crippen LogP contribution in [0.1, 0.15) is 24.5 Å². The van der Waals surface area contributed by atoms with Gasteiger partial charge < -0.3 is 10.2 Å². The first-order chi connectivity index (χ1) is 8.93. The van der Waals surface area contributed by atoms with Crippen LogP contribution in [0.3, 0.4) is 0 Å². The van der Waals surface area contributed by atoms with E-state index < -0.39 is 6.04 Å². The number of anilines is 1. The summed E-state index contributed by atoms with van der Waals surface area (Å²) in [4.78, 5) is 25.7. The van der Waals surface area contributed by atoms with Crippen LogP contribution in [0.5, 0.6) is 0 Å². The second kappa shape index (κ2) is 5.33. The molecular formula is C14H17BrN2O2. The summed E-state index contributed by atoms with van der Waals surface area (Å²) < 4.78 is 0.979. The maximum Gasteiger partial charge on any atom is 0.250 e. The number of halogens is 1. The van der Waals surface area contributed by atoms with Crippen LogP contribution in [0.2, 0.25) is 0 Å². The molecule has 1 aliphatic rings. The molecule has 1 aromatic rings. The van der Waals surface area contributed by atoms with E-state index in [0.29, 0.717) is 6.42 Å². The van der Waals surface area contributed by atoms with Gasteiger partial charge in [0.05, 0.1) is 5.69 Å². The molecule has 2 amide bonds. The van der Waals surface area contributed by atoms with Gasteiger partial charge in [-0.05, 0) is 43.5 Å². The number of piperazine rings is 1. The van der Waals surface area contributed by atoms with Gasteiger partial charge >= 0.3 is 0 Å². The largest absolute Gasteiger partial charge is 0.343 e. The van der Waals surface area contributed by atoms with E-state index in [2.05, 4.69) is 21.2 Å². The van der Waals surface area contributed by atoms with Gasteiger partial charge in [-0.2, -0.15) is 0 Å². The summed E-state index contributed by atoms with van der Waals surface area (Å²) in [6.45, 7) is 5.90. The van der Waals surface area contributed by atoms with E-state index in [1.54, 1.807) is 4.90 Å². The van der Waals surface area contributed by atoms with Crippen LogP contribution in [-0.4, -0.2) is 24.4 Å². The Hall–Kier alpha value is -1.36. The molecule has 1 aromatic carbocycles.